The lowest BCUT2D eigenvalue weighted by atomic mass is 9.77. The van der Waals surface area contributed by atoms with Gasteiger partial charge in [-0.3, -0.25) is 4.31 Å². The van der Waals surface area contributed by atoms with Crippen molar-refractivity contribution in [3.05, 3.63) is 82.4 Å². The highest BCUT2D eigenvalue weighted by Gasteiger charge is 2.53. The van der Waals surface area contributed by atoms with Crippen LogP contribution in [0.5, 0.6) is 11.5 Å². The number of hydrogen-bond donors (Lipinski definition) is 0. The SMILES string of the molecule is CCN(CC)c1ccc2c(c1)Oc1cc(C)c(SN(C)C)cc1C21OC(=O)c2ccccc21. The Morgan fingerprint density at radius 3 is 2.36 bits per heavy atom. The minimum absolute atomic E-state index is 0.306. The van der Waals surface area contributed by atoms with Crippen molar-refractivity contribution in [1.82, 2.24) is 4.31 Å². The van der Waals surface area contributed by atoms with Gasteiger partial charge in [0.25, 0.3) is 0 Å². The predicted molar refractivity (Wildman–Crippen MR) is 133 cm³/mol. The lowest BCUT2D eigenvalue weighted by molar-refractivity contribution is 0.0223. The van der Waals surface area contributed by atoms with E-state index in [1.54, 1.807) is 11.9 Å². The molecule has 170 valence electrons. The molecule has 1 unspecified atom stereocenters. The van der Waals surface area contributed by atoms with Gasteiger partial charge in [-0.05, 0) is 82.7 Å². The van der Waals surface area contributed by atoms with Crippen LogP contribution in [0.3, 0.4) is 0 Å². The molecule has 0 saturated heterocycles. The van der Waals surface area contributed by atoms with Crippen LogP contribution in [0.15, 0.2) is 59.5 Å². The average Bonchev–Trinajstić information content (AvgIpc) is 3.09. The average molecular weight is 461 g/mol. The van der Waals surface area contributed by atoms with E-state index in [-0.39, 0.29) is 5.97 Å². The van der Waals surface area contributed by atoms with Crippen LogP contribution >= 0.6 is 11.9 Å². The Morgan fingerprint density at radius 2 is 1.64 bits per heavy atom. The number of aryl methyl sites for hydroxylation is 1. The zero-order valence-electron chi connectivity index (χ0n) is 19.6. The van der Waals surface area contributed by atoms with E-state index in [0.717, 1.165) is 57.4 Å². The summed E-state index contributed by atoms with van der Waals surface area (Å²) in [6, 6.07) is 18.1. The van der Waals surface area contributed by atoms with E-state index in [1.165, 1.54) is 0 Å². The van der Waals surface area contributed by atoms with Gasteiger partial charge in [0.15, 0.2) is 5.60 Å². The molecule has 0 bridgehead atoms. The fourth-order valence-electron chi connectivity index (χ4n) is 4.87. The minimum atomic E-state index is -1.03. The molecule has 3 aromatic carbocycles. The van der Waals surface area contributed by atoms with Crippen LogP contribution in [0.2, 0.25) is 0 Å². The lowest BCUT2D eigenvalue weighted by Gasteiger charge is -2.37. The number of hydrogen-bond acceptors (Lipinski definition) is 6. The Morgan fingerprint density at radius 1 is 0.909 bits per heavy atom. The summed E-state index contributed by atoms with van der Waals surface area (Å²) < 4.78 is 14.9. The van der Waals surface area contributed by atoms with Crippen LogP contribution < -0.4 is 9.64 Å². The van der Waals surface area contributed by atoms with Crippen LogP contribution in [0.25, 0.3) is 0 Å². The Bertz CT molecular complexity index is 1250. The fourth-order valence-corrected chi connectivity index (χ4v) is 5.64. The normalized spacial score (nSPS) is 17.9. The zero-order chi connectivity index (χ0) is 23.3. The molecule has 2 aliphatic heterocycles. The van der Waals surface area contributed by atoms with Gasteiger partial charge < -0.3 is 14.4 Å². The minimum Gasteiger partial charge on any atom is -0.456 e. The number of rotatable bonds is 5. The summed E-state index contributed by atoms with van der Waals surface area (Å²) in [5, 5.41) is 0. The van der Waals surface area contributed by atoms with Crippen LogP contribution in [0.1, 0.15) is 46.5 Å². The molecule has 2 aliphatic rings. The highest BCUT2D eigenvalue weighted by Crippen LogP contribution is 2.57. The number of fused-ring (bicyclic) bond motifs is 6. The molecule has 1 atom stereocenters. The first-order valence-corrected chi connectivity index (χ1v) is 12.1. The number of ether oxygens (including phenoxy) is 2. The van der Waals surface area contributed by atoms with Crippen LogP contribution in [-0.4, -0.2) is 37.5 Å². The van der Waals surface area contributed by atoms with Crippen LogP contribution in [-0.2, 0) is 10.3 Å². The van der Waals surface area contributed by atoms with Crippen molar-refractivity contribution < 1.29 is 14.3 Å². The van der Waals surface area contributed by atoms with E-state index in [1.807, 2.05) is 38.4 Å². The second kappa shape index (κ2) is 8.12. The van der Waals surface area contributed by atoms with Gasteiger partial charge in [0.2, 0.25) is 0 Å². The molecule has 3 aromatic rings. The summed E-state index contributed by atoms with van der Waals surface area (Å²) in [6.45, 7) is 8.17. The Kier molecular flexibility index (Phi) is 5.38. The van der Waals surface area contributed by atoms with Crippen molar-refractivity contribution in [3.63, 3.8) is 0 Å². The van der Waals surface area contributed by atoms with Crippen LogP contribution in [0.4, 0.5) is 5.69 Å². The number of carbonyl (C=O) groups is 1. The van der Waals surface area contributed by atoms with Crippen molar-refractivity contribution in [2.75, 3.05) is 32.1 Å². The topological polar surface area (TPSA) is 42.0 Å². The molecule has 0 N–H and O–H groups in total. The largest absolute Gasteiger partial charge is 0.456 e. The summed E-state index contributed by atoms with van der Waals surface area (Å²) in [7, 11) is 4.04. The molecule has 0 aliphatic carbocycles. The molecular formula is C27H28N2O3S. The molecular weight excluding hydrogens is 432 g/mol. The van der Waals surface area contributed by atoms with Gasteiger partial charge in [0, 0.05) is 46.4 Å². The lowest BCUT2D eigenvalue weighted by Crippen LogP contribution is -2.33. The van der Waals surface area contributed by atoms with E-state index in [9.17, 15) is 4.79 Å². The molecule has 33 heavy (non-hydrogen) atoms. The van der Waals surface area contributed by atoms with Gasteiger partial charge in [-0.2, -0.15) is 0 Å². The first-order chi connectivity index (χ1) is 15.9. The molecule has 1 spiro atoms. The monoisotopic (exact) mass is 460 g/mol. The molecule has 5 rings (SSSR count). The van der Waals surface area contributed by atoms with Crippen molar-refractivity contribution >= 4 is 23.6 Å². The Labute approximate surface area is 199 Å². The Balaban J connectivity index is 1.79. The van der Waals surface area contributed by atoms with Gasteiger partial charge in [0.05, 0.1) is 5.56 Å². The van der Waals surface area contributed by atoms with Crippen molar-refractivity contribution in [2.45, 2.75) is 31.3 Å². The molecule has 0 aromatic heterocycles. The number of nitrogens with zero attached hydrogens (tertiary/aromatic N) is 2. The molecule has 6 heteroatoms. The first-order valence-electron chi connectivity index (χ1n) is 11.3. The fraction of sp³-hybridized carbons (Fsp3) is 0.296. The van der Waals surface area contributed by atoms with E-state index < -0.39 is 5.60 Å². The summed E-state index contributed by atoms with van der Waals surface area (Å²) >= 11 is 1.65. The number of carbonyl (C=O) groups excluding carboxylic acids is 1. The third-order valence-electron chi connectivity index (χ3n) is 6.40. The summed E-state index contributed by atoms with van der Waals surface area (Å²) in [6.07, 6.45) is 0. The van der Waals surface area contributed by atoms with E-state index in [2.05, 4.69) is 60.3 Å². The van der Waals surface area contributed by atoms with Crippen molar-refractivity contribution in [3.8, 4) is 11.5 Å². The first kappa shape index (κ1) is 21.9. The maximum Gasteiger partial charge on any atom is 0.340 e. The van der Waals surface area contributed by atoms with E-state index >= 15 is 0 Å². The maximum absolute atomic E-state index is 13.1. The summed E-state index contributed by atoms with van der Waals surface area (Å²) in [4.78, 5) is 16.5. The van der Waals surface area contributed by atoms with Gasteiger partial charge in [-0.25, -0.2) is 4.79 Å². The number of esters is 1. The second-order valence-electron chi connectivity index (χ2n) is 8.59. The Hall–Kier alpha value is -2.96. The quantitative estimate of drug-likeness (QED) is 0.345. The van der Waals surface area contributed by atoms with E-state index in [4.69, 9.17) is 9.47 Å². The summed E-state index contributed by atoms with van der Waals surface area (Å²) in [5.41, 5.74) is 4.35. The van der Waals surface area contributed by atoms with Gasteiger partial charge >= 0.3 is 5.97 Å². The molecule has 0 fully saturated rings. The number of benzene rings is 3. The molecule has 0 saturated carbocycles. The zero-order valence-corrected chi connectivity index (χ0v) is 20.5. The van der Waals surface area contributed by atoms with Gasteiger partial charge in [-0.1, -0.05) is 18.2 Å². The standard InChI is InChI=1S/C27H28N2O3S/c1-6-29(7-2)18-12-13-21-24(15-18)31-23-14-17(3)25(33-28(4)5)16-22(23)27(21)20-11-9-8-10-19(20)26(30)32-27/h8-16H,6-7H2,1-5H3. The third-order valence-corrected chi connectivity index (χ3v) is 7.40. The number of anilines is 1. The maximum atomic E-state index is 13.1. The predicted octanol–water partition coefficient (Wildman–Crippen LogP) is 5.98. The van der Waals surface area contributed by atoms with Crippen molar-refractivity contribution in [2.24, 2.45) is 0 Å². The second-order valence-corrected chi connectivity index (χ2v) is 9.94. The van der Waals surface area contributed by atoms with Gasteiger partial charge in [0.1, 0.15) is 11.5 Å². The van der Waals surface area contributed by atoms with Gasteiger partial charge in [-0.15, -0.1) is 0 Å². The van der Waals surface area contributed by atoms with Crippen molar-refractivity contribution in [1.29, 1.82) is 0 Å². The van der Waals surface area contributed by atoms with E-state index in [0.29, 0.717) is 5.56 Å². The molecule has 5 nitrogen and oxygen atoms in total. The summed E-state index contributed by atoms with van der Waals surface area (Å²) in [5.74, 6) is 1.15. The molecule has 2 heterocycles. The molecule has 0 radical (unpaired) electrons. The smallest absolute Gasteiger partial charge is 0.340 e. The highest BCUT2D eigenvalue weighted by atomic mass is 32.2. The third kappa shape index (κ3) is 3.31. The molecule has 0 amide bonds. The highest BCUT2D eigenvalue weighted by molar-refractivity contribution is 7.97. The van der Waals surface area contributed by atoms with Crippen LogP contribution in [0, 0.1) is 6.92 Å².